The number of aryl methyl sites for hydroxylation is 3. The van der Waals surface area contributed by atoms with Crippen LogP contribution in [0.15, 0.2) is 35.4 Å². The van der Waals surface area contributed by atoms with Gasteiger partial charge in [0.1, 0.15) is 5.82 Å². The summed E-state index contributed by atoms with van der Waals surface area (Å²) >= 11 is 1.74. The molecule has 5 heteroatoms. The van der Waals surface area contributed by atoms with Gasteiger partial charge in [-0.2, -0.15) is 5.10 Å². The second-order valence-electron chi connectivity index (χ2n) is 5.47. The number of thioether (sulfide) groups is 1. The van der Waals surface area contributed by atoms with E-state index in [1.165, 1.54) is 21.4 Å². The van der Waals surface area contributed by atoms with Crippen molar-refractivity contribution in [1.29, 1.82) is 0 Å². The molecule has 0 amide bonds. The highest BCUT2D eigenvalue weighted by Crippen LogP contribution is 2.25. The molecule has 4 nitrogen and oxygen atoms in total. The molecule has 0 saturated carbocycles. The van der Waals surface area contributed by atoms with Gasteiger partial charge in [0.2, 0.25) is 0 Å². The van der Waals surface area contributed by atoms with Gasteiger partial charge in [-0.05, 0) is 43.9 Å². The first-order valence-corrected chi connectivity index (χ1v) is 8.47. The minimum atomic E-state index is 0.736. The number of pyridine rings is 1. The quantitative estimate of drug-likeness (QED) is 0.742. The first kappa shape index (κ1) is 14.9. The van der Waals surface area contributed by atoms with Crippen LogP contribution in [0.5, 0.6) is 0 Å². The Morgan fingerprint density at radius 3 is 2.73 bits per heavy atom. The van der Waals surface area contributed by atoms with Crippen molar-refractivity contribution in [3.05, 3.63) is 47.3 Å². The van der Waals surface area contributed by atoms with Gasteiger partial charge < -0.3 is 5.32 Å². The lowest BCUT2D eigenvalue weighted by Crippen LogP contribution is -2.02. The average Bonchev–Trinajstić information content (AvgIpc) is 2.82. The number of benzene rings is 1. The third kappa shape index (κ3) is 2.95. The van der Waals surface area contributed by atoms with Crippen molar-refractivity contribution in [3.8, 4) is 0 Å². The largest absolute Gasteiger partial charge is 0.366 e. The van der Waals surface area contributed by atoms with E-state index in [2.05, 4.69) is 47.9 Å². The second-order valence-corrected chi connectivity index (χ2v) is 6.35. The summed E-state index contributed by atoms with van der Waals surface area (Å²) in [6.45, 7) is 4.89. The van der Waals surface area contributed by atoms with Gasteiger partial charge in [0.15, 0.2) is 0 Å². The van der Waals surface area contributed by atoms with E-state index in [0.29, 0.717) is 0 Å². The molecule has 2 heterocycles. The highest BCUT2D eigenvalue weighted by atomic mass is 32.2. The van der Waals surface area contributed by atoms with Crippen molar-refractivity contribution in [2.45, 2.75) is 25.3 Å². The SMILES string of the molecule is CSc1ccc2c(C)cc(NCc3cn(C)nc3C)nc2c1. The van der Waals surface area contributed by atoms with Crippen molar-refractivity contribution in [2.24, 2.45) is 7.05 Å². The third-order valence-electron chi connectivity index (χ3n) is 3.80. The summed E-state index contributed by atoms with van der Waals surface area (Å²) in [5.74, 6) is 0.909. The van der Waals surface area contributed by atoms with Gasteiger partial charge in [-0.3, -0.25) is 4.68 Å². The third-order valence-corrected chi connectivity index (χ3v) is 4.52. The summed E-state index contributed by atoms with van der Waals surface area (Å²) in [5.41, 5.74) is 4.53. The van der Waals surface area contributed by atoms with Crippen LogP contribution in [0, 0.1) is 13.8 Å². The standard InChI is InChI=1S/C17H20N4S/c1-11-7-17(18-9-13-10-21(3)20-12(13)2)19-16-8-14(22-4)5-6-15(11)16/h5-8,10H,9H2,1-4H3,(H,18,19). The van der Waals surface area contributed by atoms with Gasteiger partial charge in [-0.1, -0.05) is 6.07 Å². The number of anilines is 1. The summed E-state index contributed by atoms with van der Waals surface area (Å²) in [6.07, 6.45) is 4.13. The maximum Gasteiger partial charge on any atom is 0.127 e. The van der Waals surface area contributed by atoms with Crippen molar-refractivity contribution in [2.75, 3.05) is 11.6 Å². The Kier molecular flexibility index (Phi) is 4.07. The fraction of sp³-hybridized carbons (Fsp3) is 0.294. The minimum Gasteiger partial charge on any atom is -0.366 e. The average molecular weight is 312 g/mol. The maximum atomic E-state index is 4.74. The predicted molar refractivity (Wildman–Crippen MR) is 93.5 cm³/mol. The monoisotopic (exact) mass is 312 g/mol. The molecule has 0 fully saturated rings. The normalized spacial score (nSPS) is 11.1. The molecule has 0 aliphatic carbocycles. The van der Waals surface area contributed by atoms with Crippen LogP contribution in [0.2, 0.25) is 0 Å². The maximum absolute atomic E-state index is 4.74. The van der Waals surface area contributed by atoms with Crippen LogP contribution < -0.4 is 5.32 Å². The first-order valence-electron chi connectivity index (χ1n) is 7.25. The summed E-state index contributed by atoms with van der Waals surface area (Å²) in [6, 6.07) is 8.55. The highest BCUT2D eigenvalue weighted by molar-refractivity contribution is 7.98. The van der Waals surface area contributed by atoms with E-state index < -0.39 is 0 Å². The number of fused-ring (bicyclic) bond motifs is 1. The summed E-state index contributed by atoms with van der Waals surface area (Å²) in [5, 5.41) is 8.99. The van der Waals surface area contributed by atoms with Crippen molar-refractivity contribution < 1.29 is 0 Å². The van der Waals surface area contributed by atoms with Gasteiger partial charge in [0, 0.05) is 35.6 Å². The molecule has 0 saturated heterocycles. The zero-order valence-electron chi connectivity index (χ0n) is 13.3. The fourth-order valence-corrected chi connectivity index (χ4v) is 3.04. The summed E-state index contributed by atoms with van der Waals surface area (Å²) < 4.78 is 1.84. The Morgan fingerprint density at radius 1 is 1.23 bits per heavy atom. The number of hydrogen-bond donors (Lipinski definition) is 1. The smallest absolute Gasteiger partial charge is 0.127 e. The molecular weight excluding hydrogens is 292 g/mol. The van der Waals surface area contributed by atoms with Crippen molar-refractivity contribution >= 4 is 28.5 Å². The Labute approximate surface area is 134 Å². The fourth-order valence-electron chi connectivity index (χ4n) is 2.61. The topological polar surface area (TPSA) is 42.7 Å². The molecule has 1 N–H and O–H groups in total. The molecule has 22 heavy (non-hydrogen) atoms. The van der Waals surface area contributed by atoms with Crippen LogP contribution in [0.4, 0.5) is 5.82 Å². The molecule has 114 valence electrons. The van der Waals surface area contributed by atoms with Gasteiger partial charge in [-0.25, -0.2) is 4.98 Å². The molecule has 0 spiro atoms. The van der Waals surface area contributed by atoms with Gasteiger partial charge >= 0.3 is 0 Å². The van der Waals surface area contributed by atoms with Crippen LogP contribution in [-0.2, 0) is 13.6 Å². The molecule has 1 aromatic carbocycles. The van der Waals surface area contributed by atoms with E-state index in [0.717, 1.165) is 23.6 Å². The predicted octanol–water partition coefficient (Wildman–Crippen LogP) is 3.92. The van der Waals surface area contributed by atoms with Gasteiger partial charge in [0.05, 0.1) is 11.2 Å². The number of rotatable bonds is 4. The Morgan fingerprint density at radius 2 is 2.05 bits per heavy atom. The second kappa shape index (κ2) is 6.01. The lowest BCUT2D eigenvalue weighted by molar-refractivity contribution is 0.756. The lowest BCUT2D eigenvalue weighted by atomic mass is 10.1. The van der Waals surface area contributed by atoms with Crippen molar-refractivity contribution in [3.63, 3.8) is 0 Å². The number of nitrogens with one attached hydrogen (secondary N) is 1. The van der Waals surface area contributed by atoms with E-state index in [4.69, 9.17) is 4.98 Å². The van der Waals surface area contributed by atoms with Crippen LogP contribution >= 0.6 is 11.8 Å². The Hall–Kier alpha value is -2.01. The van der Waals surface area contributed by atoms with Crippen LogP contribution in [0.25, 0.3) is 10.9 Å². The zero-order valence-corrected chi connectivity index (χ0v) is 14.2. The van der Waals surface area contributed by atoms with E-state index in [-0.39, 0.29) is 0 Å². The van der Waals surface area contributed by atoms with Crippen LogP contribution in [0.3, 0.4) is 0 Å². The minimum absolute atomic E-state index is 0.736. The summed E-state index contributed by atoms with van der Waals surface area (Å²) in [4.78, 5) is 5.98. The van der Waals surface area contributed by atoms with E-state index in [1.807, 2.05) is 24.9 Å². The molecule has 0 aliphatic heterocycles. The molecule has 2 aromatic heterocycles. The Balaban J connectivity index is 1.89. The lowest BCUT2D eigenvalue weighted by Gasteiger charge is -2.09. The zero-order chi connectivity index (χ0) is 15.7. The Bertz CT molecular complexity index is 823. The number of hydrogen-bond acceptors (Lipinski definition) is 4. The summed E-state index contributed by atoms with van der Waals surface area (Å²) in [7, 11) is 1.94. The molecule has 0 radical (unpaired) electrons. The molecule has 3 aromatic rings. The first-order chi connectivity index (χ1) is 10.6. The van der Waals surface area contributed by atoms with Crippen molar-refractivity contribution in [1.82, 2.24) is 14.8 Å². The molecular formula is C17H20N4S. The number of nitrogens with zero attached hydrogens (tertiary/aromatic N) is 3. The number of aromatic nitrogens is 3. The van der Waals surface area contributed by atoms with E-state index in [1.54, 1.807) is 11.8 Å². The molecule has 0 bridgehead atoms. The van der Waals surface area contributed by atoms with E-state index >= 15 is 0 Å². The van der Waals surface area contributed by atoms with Gasteiger partial charge in [-0.15, -0.1) is 11.8 Å². The van der Waals surface area contributed by atoms with Crippen LogP contribution in [0.1, 0.15) is 16.8 Å². The molecule has 3 rings (SSSR count). The molecule has 0 atom stereocenters. The van der Waals surface area contributed by atoms with Gasteiger partial charge in [0.25, 0.3) is 0 Å². The van der Waals surface area contributed by atoms with E-state index in [9.17, 15) is 0 Å². The molecule has 0 aliphatic rings. The molecule has 0 unspecified atom stereocenters. The van der Waals surface area contributed by atoms with Crippen LogP contribution in [-0.4, -0.2) is 21.0 Å². The highest BCUT2D eigenvalue weighted by Gasteiger charge is 2.06.